The molecule has 1 aromatic heterocycles. The number of rotatable bonds is 4. The van der Waals surface area contributed by atoms with E-state index in [1.165, 1.54) is 38.5 Å². The van der Waals surface area contributed by atoms with Crippen molar-refractivity contribution in [2.24, 2.45) is 0 Å². The molecule has 21 heavy (non-hydrogen) atoms. The van der Waals surface area contributed by atoms with Gasteiger partial charge in [-0.05, 0) is 25.0 Å². The van der Waals surface area contributed by atoms with Crippen LogP contribution in [0.3, 0.4) is 0 Å². The van der Waals surface area contributed by atoms with Crippen LogP contribution in [0.15, 0.2) is 42.7 Å². The zero-order valence-corrected chi connectivity index (χ0v) is 12.3. The zero-order chi connectivity index (χ0) is 14.3. The van der Waals surface area contributed by atoms with Crippen molar-refractivity contribution in [1.29, 1.82) is 0 Å². The van der Waals surface area contributed by atoms with Crippen molar-refractivity contribution in [1.82, 2.24) is 9.97 Å². The Morgan fingerprint density at radius 3 is 2.33 bits per heavy atom. The summed E-state index contributed by atoms with van der Waals surface area (Å²) in [7, 11) is 0. The van der Waals surface area contributed by atoms with Gasteiger partial charge < -0.3 is 10.6 Å². The molecule has 1 saturated carbocycles. The molecule has 1 heterocycles. The Bertz CT molecular complexity index is 548. The lowest BCUT2D eigenvalue weighted by Gasteiger charge is -2.17. The molecule has 1 aliphatic rings. The van der Waals surface area contributed by atoms with Gasteiger partial charge in [-0.25, -0.2) is 9.97 Å². The Balaban J connectivity index is 1.65. The molecular formula is C17H22N4. The van der Waals surface area contributed by atoms with Crippen molar-refractivity contribution in [3.63, 3.8) is 0 Å². The monoisotopic (exact) mass is 282 g/mol. The molecule has 1 fully saturated rings. The maximum atomic E-state index is 4.34. The van der Waals surface area contributed by atoms with E-state index in [0.29, 0.717) is 6.04 Å². The van der Waals surface area contributed by atoms with E-state index in [-0.39, 0.29) is 0 Å². The molecule has 0 saturated heterocycles. The van der Waals surface area contributed by atoms with Crippen LogP contribution in [0.1, 0.15) is 38.5 Å². The first-order valence-electron chi connectivity index (χ1n) is 7.81. The highest BCUT2D eigenvalue weighted by Gasteiger charge is 2.12. The van der Waals surface area contributed by atoms with Crippen LogP contribution in [0.4, 0.5) is 17.3 Å². The predicted molar refractivity (Wildman–Crippen MR) is 86.9 cm³/mol. The minimum Gasteiger partial charge on any atom is -0.367 e. The van der Waals surface area contributed by atoms with E-state index in [1.807, 2.05) is 36.4 Å². The highest BCUT2D eigenvalue weighted by atomic mass is 15.1. The van der Waals surface area contributed by atoms with Crippen molar-refractivity contribution in [3.8, 4) is 0 Å². The maximum Gasteiger partial charge on any atom is 0.135 e. The van der Waals surface area contributed by atoms with E-state index in [1.54, 1.807) is 6.33 Å². The largest absolute Gasteiger partial charge is 0.367 e. The van der Waals surface area contributed by atoms with E-state index >= 15 is 0 Å². The van der Waals surface area contributed by atoms with Crippen molar-refractivity contribution >= 4 is 17.3 Å². The summed E-state index contributed by atoms with van der Waals surface area (Å²) in [6.07, 6.45) is 9.46. The molecule has 0 amide bonds. The van der Waals surface area contributed by atoms with Crippen LogP contribution >= 0.6 is 0 Å². The lowest BCUT2D eigenvalue weighted by atomic mass is 10.1. The molecule has 4 heteroatoms. The molecule has 2 aromatic rings. The van der Waals surface area contributed by atoms with Crippen molar-refractivity contribution in [2.75, 3.05) is 10.6 Å². The molecule has 0 radical (unpaired) electrons. The van der Waals surface area contributed by atoms with Crippen molar-refractivity contribution < 1.29 is 0 Å². The molecule has 1 aliphatic carbocycles. The van der Waals surface area contributed by atoms with Crippen LogP contribution in [0.2, 0.25) is 0 Å². The van der Waals surface area contributed by atoms with Gasteiger partial charge in [0.15, 0.2) is 0 Å². The summed E-state index contributed by atoms with van der Waals surface area (Å²) in [6.45, 7) is 0. The van der Waals surface area contributed by atoms with Gasteiger partial charge in [0.1, 0.15) is 18.0 Å². The fourth-order valence-electron chi connectivity index (χ4n) is 2.81. The van der Waals surface area contributed by atoms with Crippen LogP contribution in [-0.4, -0.2) is 16.0 Å². The van der Waals surface area contributed by atoms with Gasteiger partial charge >= 0.3 is 0 Å². The third kappa shape index (κ3) is 4.18. The Morgan fingerprint density at radius 1 is 0.857 bits per heavy atom. The molecule has 0 unspecified atom stereocenters. The van der Waals surface area contributed by atoms with Gasteiger partial charge in [0.05, 0.1) is 0 Å². The van der Waals surface area contributed by atoms with Crippen LogP contribution < -0.4 is 10.6 Å². The third-order valence-corrected chi connectivity index (χ3v) is 3.92. The molecule has 0 aliphatic heterocycles. The molecule has 3 rings (SSSR count). The molecular weight excluding hydrogens is 260 g/mol. The van der Waals surface area contributed by atoms with Crippen LogP contribution in [0, 0.1) is 0 Å². The number of nitrogens with one attached hydrogen (secondary N) is 2. The summed E-state index contributed by atoms with van der Waals surface area (Å²) in [5.41, 5.74) is 1.04. The van der Waals surface area contributed by atoms with E-state index in [2.05, 4.69) is 20.6 Å². The lowest BCUT2D eigenvalue weighted by molar-refractivity contribution is 0.617. The second kappa shape index (κ2) is 7.07. The van der Waals surface area contributed by atoms with Gasteiger partial charge in [0.2, 0.25) is 0 Å². The smallest absolute Gasteiger partial charge is 0.135 e. The average molecular weight is 282 g/mol. The van der Waals surface area contributed by atoms with E-state index in [4.69, 9.17) is 0 Å². The quantitative estimate of drug-likeness (QED) is 0.818. The topological polar surface area (TPSA) is 49.8 Å². The Labute approximate surface area is 126 Å². The van der Waals surface area contributed by atoms with Crippen molar-refractivity contribution in [2.45, 2.75) is 44.6 Å². The Morgan fingerprint density at radius 2 is 1.57 bits per heavy atom. The fraction of sp³-hybridized carbons (Fsp3) is 0.412. The summed E-state index contributed by atoms with van der Waals surface area (Å²) in [4.78, 5) is 8.63. The highest BCUT2D eigenvalue weighted by molar-refractivity contribution is 5.58. The number of benzene rings is 1. The first kappa shape index (κ1) is 13.9. The molecule has 0 spiro atoms. The number of nitrogens with zero attached hydrogens (tertiary/aromatic N) is 2. The first-order chi connectivity index (χ1) is 10.4. The van der Waals surface area contributed by atoms with Crippen LogP contribution in [0.5, 0.6) is 0 Å². The molecule has 4 nitrogen and oxygen atoms in total. The number of hydrogen-bond acceptors (Lipinski definition) is 4. The predicted octanol–water partition coefficient (Wildman–Crippen LogP) is 4.35. The molecule has 0 bridgehead atoms. The normalized spacial score (nSPS) is 16.2. The van der Waals surface area contributed by atoms with Crippen LogP contribution in [0.25, 0.3) is 0 Å². The lowest BCUT2D eigenvalue weighted by Crippen LogP contribution is -2.19. The first-order valence-corrected chi connectivity index (χ1v) is 7.81. The summed E-state index contributed by atoms with van der Waals surface area (Å²) in [6, 6.07) is 12.6. The number of hydrogen-bond donors (Lipinski definition) is 2. The Kier molecular flexibility index (Phi) is 4.66. The van der Waals surface area contributed by atoms with Gasteiger partial charge in [-0.2, -0.15) is 0 Å². The van der Waals surface area contributed by atoms with Crippen LogP contribution in [-0.2, 0) is 0 Å². The summed E-state index contributed by atoms with van der Waals surface area (Å²) in [5, 5.41) is 6.86. The summed E-state index contributed by atoms with van der Waals surface area (Å²) < 4.78 is 0. The molecule has 2 N–H and O–H groups in total. The van der Waals surface area contributed by atoms with Gasteiger partial charge in [-0.15, -0.1) is 0 Å². The number of anilines is 3. The number of para-hydroxylation sites is 1. The SMILES string of the molecule is c1ccc(Nc2cc(NC3CCCCCC3)ncn2)cc1. The fourth-order valence-corrected chi connectivity index (χ4v) is 2.81. The maximum absolute atomic E-state index is 4.34. The highest BCUT2D eigenvalue weighted by Crippen LogP contribution is 2.21. The van der Waals surface area contributed by atoms with E-state index in [0.717, 1.165) is 17.3 Å². The van der Waals surface area contributed by atoms with Gasteiger partial charge in [0.25, 0.3) is 0 Å². The molecule has 1 aromatic carbocycles. The van der Waals surface area contributed by atoms with Gasteiger partial charge in [0, 0.05) is 17.8 Å². The molecule has 110 valence electrons. The van der Waals surface area contributed by atoms with Gasteiger partial charge in [-0.3, -0.25) is 0 Å². The average Bonchev–Trinajstić information content (AvgIpc) is 2.77. The second-order valence-corrected chi connectivity index (χ2v) is 5.61. The van der Waals surface area contributed by atoms with E-state index in [9.17, 15) is 0 Å². The van der Waals surface area contributed by atoms with E-state index < -0.39 is 0 Å². The summed E-state index contributed by atoms with van der Waals surface area (Å²) in [5.74, 6) is 1.74. The molecule has 0 atom stereocenters. The number of aromatic nitrogens is 2. The Hall–Kier alpha value is -2.10. The zero-order valence-electron chi connectivity index (χ0n) is 12.3. The van der Waals surface area contributed by atoms with Crippen molar-refractivity contribution in [3.05, 3.63) is 42.7 Å². The van der Waals surface area contributed by atoms with Gasteiger partial charge in [-0.1, -0.05) is 43.9 Å². The third-order valence-electron chi connectivity index (χ3n) is 3.92. The second-order valence-electron chi connectivity index (χ2n) is 5.61. The minimum absolute atomic E-state index is 0.548. The standard InChI is InChI=1S/C17H22N4/c1-2-5-9-14(8-4-1)20-16-12-17(19-13-18-16)21-15-10-6-3-7-11-15/h3,6-7,10-14H,1-2,4-5,8-9H2,(H2,18,19,20,21). The summed E-state index contributed by atoms with van der Waals surface area (Å²) >= 11 is 0. The minimum atomic E-state index is 0.548.